The van der Waals surface area contributed by atoms with Gasteiger partial charge in [-0.2, -0.15) is 0 Å². The minimum Gasteiger partial charge on any atom is -0.329 e. The minimum atomic E-state index is -0.563. The van der Waals surface area contributed by atoms with Gasteiger partial charge in [-0.3, -0.25) is 9.59 Å². The topological polar surface area (TPSA) is 63.7 Å². The Labute approximate surface area is 110 Å². The highest BCUT2D eigenvalue weighted by Crippen LogP contribution is 2.28. The molecule has 0 N–H and O–H groups in total. The molecule has 1 fully saturated rings. The molecule has 0 unspecified atom stereocenters. The monoisotopic (exact) mass is 259 g/mol. The molecule has 5 nitrogen and oxygen atoms in total. The van der Waals surface area contributed by atoms with E-state index in [-0.39, 0.29) is 17.0 Å². The number of rotatable bonds is 2. The molecule has 1 aromatic rings. The van der Waals surface area contributed by atoms with Crippen LogP contribution in [0, 0.1) is 5.92 Å². The maximum absolute atomic E-state index is 12.0. The number of hydroxylamine groups is 2. The first-order valence-corrected chi connectivity index (χ1v) is 6.38. The average Bonchev–Trinajstić information content (AvgIpc) is 3.03. The zero-order valence-corrected chi connectivity index (χ0v) is 10.3. The zero-order valence-electron chi connectivity index (χ0n) is 10.3. The number of benzene rings is 1. The molecular formula is C14H13NO4. The van der Waals surface area contributed by atoms with Gasteiger partial charge >= 0.3 is 5.97 Å². The van der Waals surface area contributed by atoms with E-state index >= 15 is 0 Å². The van der Waals surface area contributed by atoms with Gasteiger partial charge in [0, 0.05) is 0 Å². The quantitative estimate of drug-likeness (QED) is 0.761. The van der Waals surface area contributed by atoms with Gasteiger partial charge in [-0.15, -0.1) is 0 Å². The van der Waals surface area contributed by atoms with Crippen molar-refractivity contribution >= 4 is 17.8 Å². The van der Waals surface area contributed by atoms with E-state index in [1.165, 1.54) is 0 Å². The number of imide groups is 1. The van der Waals surface area contributed by atoms with Crippen LogP contribution in [-0.2, 0) is 9.63 Å². The highest BCUT2D eigenvalue weighted by Gasteiger charge is 2.39. The van der Waals surface area contributed by atoms with Crippen LogP contribution in [0.1, 0.15) is 46.4 Å². The lowest BCUT2D eigenvalue weighted by Gasteiger charge is -2.15. The molecule has 1 aliphatic carbocycles. The number of amides is 2. The molecule has 3 rings (SSSR count). The summed E-state index contributed by atoms with van der Waals surface area (Å²) in [5.41, 5.74) is 0.568. The van der Waals surface area contributed by atoms with Crippen LogP contribution in [0.5, 0.6) is 0 Å². The number of carbonyl (C=O) groups excluding carboxylic acids is 3. The summed E-state index contributed by atoms with van der Waals surface area (Å²) in [6.07, 6.45) is 3.51. The molecule has 1 aliphatic heterocycles. The molecule has 0 spiro atoms. The van der Waals surface area contributed by atoms with Crippen molar-refractivity contribution in [3.63, 3.8) is 0 Å². The Morgan fingerprint density at radius 1 is 1.05 bits per heavy atom. The maximum atomic E-state index is 12.0. The van der Waals surface area contributed by atoms with Crippen molar-refractivity contribution < 1.29 is 19.2 Å². The number of fused-ring (bicyclic) bond motifs is 1. The van der Waals surface area contributed by atoms with E-state index in [0.29, 0.717) is 5.06 Å². The number of hydrogen-bond donors (Lipinski definition) is 0. The summed E-state index contributed by atoms with van der Waals surface area (Å²) in [7, 11) is 0. The van der Waals surface area contributed by atoms with Gasteiger partial charge in [0.2, 0.25) is 0 Å². The second-order valence-corrected chi connectivity index (χ2v) is 4.84. The molecule has 19 heavy (non-hydrogen) atoms. The summed E-state index contributed by atoms with van der Waals surface area (Å²) in [5.74, 6) is -1.80. The summed E-state index contributed by atoms with van der Waals surface area (Å²) in [6.45, 7) is 0. The molecule has 2 aliphatic rings. The molecule has 98 valence electrons. The SMILES string of the molecule is O=C(ON1C(=O)c2ccccc2C1=O)C1CCCC1. The third-order valence-electron chi connectivity index (χ3n) is 3.63. The summed E-state index contributed by atoms with van der Waals surface area (Å²) in [6, 6.07) is 6.45. The predicted octanol–water partition coefficient (Wildman–Crippen LogP) is 1.93. The Morgan fingerprint density at radius 3 is 2.11 bits per heavy atom. The summed E-state index contributed by atoms with van der Waals surface area (Å²) >= 11 is 0. The number of nitrogens with zero attached hydrogens (tertiary/aromatic N) is 1. The van der Waals surface area contributed by atoms with Gasteiger partial charge < -0.3 is 4.84 Å². The summed E-state index contributed by atoms with van der Waals surface area (Å²) < 4.78 is 0. The lowest BCUT2D eigenvalue weighted by atomic mass is 10.1. The lowest BCUT2D eigenvalue weighted by Crippen LogP contribution is -2.34. The standard InChI is InChI=1S/C14H13NO4/c16-12-10-7-3-4-8-11(10)13(17)15(12)19-14(18)9-5-1-2-6-9/h3-4,7-9H,1-2,5-6H2. The molecule has 0 radical (unpaired) electrons. The fourth-order valence-electron chi connectivity index (χ4n) is 2.58. The Morgan fingerprint density at radius 2 is 1.58 bits per heavy atom. The first kappa shape index (κ1) is 11.9. The van der Waals surface area contributed by atoms with E-state index in [1.807, 2.05) is 0 Å². The van der Waals surface area contributed by atoms with Gasteiger partial charge in [0.1, 0.15) is 0 Å². The van der Waals surface area contributed by atoms with Crippen LogP contribution in [0.2, 0.25) is 0 Å². The number of carbonyl (C=O) groups is 3. The number of hydrogen-bond acceptors (Lipinski definition) is 4. The van der Waals surface area contributed by atoms with Gasteiger partial charge in [0.15, 0.2) is 0 Å². The molecule has 1 saturated carbocycles. The first-order valence-electron chi connectivity index (χ1n) is 6.38. The molecule has 1 aromatic carbocycles. The van der Waals surface area contributed by atoms with Gasteiger partial charge in [-0.25, -0.2) is 4.79 Å². The van der Waals surface area contributed by atoms with Crippen LogP contribution in [0.3, 0.4) is 0 Å². The van der Waals surface area contributed by atoms with Gasteiger partial charge in [0.25, 0.3) is 11.8 Å². The third-order valence-corrected chi connectivity index (χ3v) is 3.63. The van der Waals surface area contributed by atoms with Crippen molar-refractivity contribution in [2.75, 3.05) is 0 Å². The predicted molar refractivity (Wildman–Crippen MR) is 65.0 cm³/mol. The van der Waals surface area contributed by atoms with Crippen LogP contribution in [0.15, 0.2) is 24.3 Å². The van der Waals surface area contributed by atoms with Gasteiger partial charge in [-0.1, -0.05) is 30.0 Å². The third kappa shape index (κ3) is 1.91. The minimum absolute atomic E-state index is 0.190. The lowest BCUT2D eigenvalue weighted by molar-refractivity contribution is -0.173. The van der Waals surface area contributed by atoms with E-state index in [1.54, 1.807) is 24.3 Å². The van der Waals surface area contributed by atoms with E-state index in [0.717, 1.165) is 25.7 Å². The van der Waals surface area contributed by atoms with Crippen molar-refractivity contribution in [2.24, 2.45) is 5.92 Å². The Kier molecular flexibility index (Phi) is 2.81. The van der Waals surface area contributed by atoms with Crippen molar-refractivity contribution in [1.82, 2.24) is 5.06 Å². The average molecular weight is 259 g/mol. The highest BCUT2D eigenvalue weighted by atomic mass is 16.7. The van der Waals surface area contributed by atoms with Crippen LogP contribution in [-0.4, -0.2) is 22.8 Å². The maximum Gasteiger partial charge on any atom is 0.336 e. The molecule has 1 heterocycles. The summed E-state index contributed by atoms with van der Waals surface area (Å²) in [5, 5.41) is 0.589. The van der Waals surface area contributed by atoms with E-state index in [4.69, 9.17) is 4.84 Å². The van der Waals surface area contributed by atoms with Gasteiger partial charge in [-0.05, 0) is 25.0 Å². The molecule has 0 bridgehead atoms. The first-order chi connectivity index (χ1) is 9.18. The van der Waals surface area contributed by atoms with Crippen molar-refractivity contribution in [3.8, 4) is 0 Å². The fourth-order valence-corrected chi connectivity index (χ4v) is 2.58. The molecule has 0 aromatic heterocycles. The van der Waals surface area contributed by atoms with E-state index < -0.39 is 17.8 Å². The molecule has 2 amide bonds. The van der Waals surface area contributed by atoms with Crippen molar-refractivity contribution in [2.45, 2.75) is 25.7 Å². The highest BCUT2D eigenvalue weighted by molar-refractivity contribution is 6.20. The summed E-state index contributed by atoms with van der Waals surface area (Å²) in [4.78, 5) is 40.8. The van der Waals surface area contributed by atoms with Crippen molar-refractivity contribution in [3.05, 3.63) is 35.4 Å². The smallest absolute Gasteiger partial charge is 0.329 e. The van der Waals surface area contributed by atoms with E-state index in [9.17, 15) is 14.4 Å². The van der Waals surface area contributed by atoms with Crippen molar-refractivity contribution in [1.29, 1.82) is 0 Å². The zero-order chi connectivity index (χ0) is 13.4. The van der Waals surface area contributed by atoms with Crippen LogP contribution in [0.4, 0.5) is 0 Å². The Bertz CT molecular complexity index is 525. The van der Waals surface area contributed by atoms with Crippen LogP contribution < -0.4 is 0 Å². The fraction of sp³-hybridized carbons (Fsp3) is 0.357. The Hall–Kier alpha value is -2.17. The molecular weight excluding hydrogens is 246 g/mol. The van der Waals surface area contributed by atoms with Gasteiger partial charge in [0.05, 0.1) is 17.0 Å². The second-order valence-electron chi connectivity index (χ2n) is 4.84. The molecule has 0 saturated heterocycles. The molecule has 0 atom stereocenters. The normalized spacial score (nSPS) is 18.8. The molecule has 5 heteroatoms. The van der Waals surface area contributed by atoms with Crippen LogP contribution >= 0.6 is 0 Å². The largest absolute Gasteiger partial charge is 0.336 e. The Balaban J connectivity index is 1.78. The van der Waals surface area contributed by atoms with Crippen LogP contribution in [0.25, 0.3) is 0 Å². The second kappa shape index (κ2) is 4.50. The van der Waals surface area contributed by atoms with E-state index in [2.05, 4.69) is 0 Å².